The number of carbonyl (C=O) groups is 2. The molecule has 5 heteroatoms. The van der Waals surface area contributed by atoms with E-state index < -0.39 is 6.03 Å². The Morgan fingerprint density at radius 2 is 1.86 bits per heavy atom. The molecule has 1 aromatic heterocycles. The topological polar surface area (TPSA) is 62.3 Å². The molecule has 0 bridgehead atoms. The van der Waals surface area contributed by atoms with E-state index in [1.807, 2.05) is 49.4 Å². The number of carbonyl (C=O) groups excluding carboxylic acids is 2. The smallest absolute Gasteiger partial charge is 0.303 e. The van der Waals surface area contributed by atoms with Crippen molar-refractivity contribution in [2.24, 2.45) is 0 Å². The summed E-state index contributed by atoms with van der Waals surface area (Å²) in [6.07, 6.45) is 1.60. The van der Waals surface area contributed by atoms with Crippen LogP contribution in [0.1, 0.15) is 17.0 Å². The number of aryl methyl sites for hydroxylation is 1. The average molecular weight is 293 g/mol. The van der Waals surface area contributed by atoms with Crippen LogP contribution >= 0.6 is 0 Å². The lowest BCUT2D eigenvalue weighted by atomic mass is 10.2. The molecule has 1 aliphatic rings. The van der Waals surface area contributed by atoms with E-state index in [0.29, 0.717) is 5.69 Å². The molecule has 0 radical (unpaired) electrons. The number of hydrogen-bond donors (Lipinski definition) is 1. The van der Waals surface area contributed by atoms with Crippen LogP contribution in [-0.2, 0) is 11.3 Å². The number of rotatable bonds is 3. The minimum Gasteiger partial charge on any atom is -0.303 e. The summed E-state index contributed by atoms with van der Waals surface area (Å²) in [6, 6.07) is 14.5. The molecule has 110 valence electrons. The highest BCUT2D eigenvalue weighted by Gasteiger charge is 2.33. The third kappa shape index (κ3) is 2.88. The monoisotopic (exact) mass is 293 g/mol. The van der Waals surface area contributed by atoms with Crippen LogP contribution in [0.2, 0.25) is 0 Å². The van der Waals surface area contributed by atoms with Crippen LogP contribution < -0.4 is 5.32 Å². The molecule has 0 spiro atoms. The fraction of sp³-hybridized carbons (Fsp3) is 0.118. The van der Waals surface area contributed by atoms with Gasteiger partial charge in [-0.3, -0.25) is 14.7 Å². The van der Waals surface area contributed by atoms with Crippen LogP contribution in [0.25, 0.3) is 6.08 Å². The molecule has 1 aromatic carbocycles. The van der Waals surface area contributed by atoms with Gasteiger partial charge >= 0.3 is 6.03 Å². The first kappa shape index (κ1) is 14.0. The minimum atomic E-state index is -0.409. The average Bonchev–Trinajstić information content (AvgIpc) is 2.76. The second-order valence-electron chi connectivity index (χ2n) is 5.07. The van der Waals surface area contributed by atoms with Crippen molar-refractivity contribution in [1.29, 1.82) is 0 Å². The number of aromatic nitrogens is 1. The van der Waals surface area contributed by atoms with Crippen LogP contribution in [0.5, 0.6) is 0 Å². The molecule has 22 heavy (non-hydrogen) atoms. The predicted octanol–water partition coefficient (Wildman–Crippen LogP) is 2.48. The van der Waals surface area contributed by atoms with Crippen LogP contribution in [0.3, 0.4) is 0 Å². The van der Waals surface area contributed by atoms with Gasteiger partial charge in [0, 0.05) is 5.69 Å². The first-order chi connectivity index (χ1) is 10.6. The second kappa shape index (κ2) is 5.81. The van der Waals surface area contributed by atoms with Gasteiger partial charge < -0.3 is 5.32 Å². The maximum absolute atomic E-state index is 12.4. The van der Waals surface area contributed by atoms with Crippen molar-refractivity contribution in [3.63, 3.8) is 0 Å². The predicted molar refractivity (Wildman–Crippen MR) is 82.5 cm³/mol. The van der Waals surface area contributed by atoms with Gasteiger partial charge in [-0.05, 0) is 30.7 Å². The largest absolute Gasteiger partial charge is 0.329 e. The molecule has 0 atom stereocenters. The third-order valence-electron chi connectivity index (χ3n) is 3.35. The Kier molecular flexibility index (Phi) is 3.70. The lowest BCUT2D eigenvalue weighted by Gasteiger charge is -2.11. The molecule has 1 aliphatic heterocycles. The molecule has 1 fully saturated rings. The van der Waals surface area contributed by atoms with E-state index in [9.17, 15) is 9.59 Å². The molecule has 1 saturated heterocycles. The van der Waals surface area contributed by atoms with E-state index in [0.717, 1.165) is 11.3 Å². The summed E-state index contributed by atoms with van der Waals surface area (Å²) in [6.45, 7) is 2.13. The highest BCUT2D eigenvalue weighted by Crippen LogP contribution is 2.16. The van der Waals surface area contributed by atoms with Crippen molar-refractivity contribution in [3.05, 3.63) is 71.2 Å². The van der Waals surface area contributed by atoms with Crippen LogP contribution in [0, 0.1) is 6.92 Å². The highest BCUT2D eigenvalue weighted by molar-refractivity contribution is 6.13. The minimum absolute atomic E-state index is 0.249. The Morgan fingerprint density at radius 3 is 2.59 bits per heavy atom. The van der Waals surface area contributed by atoms with Crippen molar-refractivity contribution >= 4 is 18.0 Å². The third-order valence-corrected chi connectivity index (χ3v) is 3.35. The van der Waals surface area contributed by atoms with E-state index >= 15 is 0 Å². The van der Waals surface area contributed by atoms with Gasteiger partial charge in [0.2, 0.25) is 0 Å². The van der Waals surface area contributed by atoms with Crippen molar-refractivity contribution in [2.45, 2.75) is 13.5 Å². The van der Waals surface area contributed by atoms with Crippen molar-refractivity contribution < 1.29 is 9.59 Å². The van der Waals surface area contributed by atoms with Crippen LogP contribution in [-0.4, -0.2) is 21.8 Å². The molecule has 2 aromatic rings. The molecular formula is C17H15N3O2. The van der Waals surface area contributed by atoms with E-state index in [4.69, 9.17) is 0 Å². The second-order valence-corrected chi connectivity index (χ2v) is 5.07. The molecule has 2 heterocycles. The number of pyridine rings is 1. The lowest BCUT2D eigenvalue weighted by molar-refractivity contribution is -0.123. The van der Waals surface area contributed by atoms with E-state index in [-0.39, 0.29) is 18.1 Å². The van der Waals surface area contributed by atoms with Gasteiger partial charge in [0.1, 0.15) is 5.70 Å². The van der Waals surface area contributed by atoms with Crippen molar-refractivity contribution in [1.82, 2.24) is 15.2 Å². The standard InChI is InChI=1S/C17H15N3O2/c1-12-6-5-9-14(18-12)10-15-16(21)20(17(22)19-15)11-13-7-3-2-4-8-13/h2-10H,11H2,1H3,(H,19,22)/b15-10+. The van der Waals surface area contributed by atoms with E-state index in [1.165, 1.54) is 4.90 Å². The Hall–Kier alpha value is -2.95. The maximum atomic E-state index is 12.4. The van der Waals surface area contributed by atoms with Crippen LogP contribution in [0.15, 0.2) is 54.2 Å². The molecule has 3 rings (SSSR count). The Bertz CT molecular complexity index is 754. The first-order valence-corrected chi connectivity index (χ1v) is 6.95. The zero-order valence-electron chi connectivity index (χ0n) is 12.1. The van der Waals surface area contributed by atoms with Crippen molar-refractivity contribution in [3.8, 4) is 0 Å². The number of imide groups is 1. The summed E-state index contributed by atoms with van der Waals surface area (Å²) < 4.78 is 0. The van der Waals surface area contributed by atoms with Gasteiger partial charge in [-0.1, -0.05) is 36.4 Å². The molecule has 1 N–H and O–H groups in total. The summed E-state index contributed by atoms with van der Waals surface area (Å²) in [4.78, 5) is 29.8. The lowest BCUT2D eigenvalue weighted by Crippen LogP contribution is -2.30. The quantitative estimate of drug-likeness (QED) is 0.698. The molecular weight excluding hydrogens is 278 g/mol. The number of benzene rings is 1. The number of urea groups is 1. The normalized spacial score (nSPS) is 16.2. The number of nitrogens with one attached hydrogen (secondary N) is 1. The van der Waals surface area contributed by atoms with Gasteiger partial charge in [0.25, 0.3) is 5.91 Å². The molecule has 0 saturated carbocycles. The van der Waals surface area contributed by atoms with Gasteiger partial charge in [-0.2, -0.15) is 0 Å². The van der Waals surface area contributed by atoms with E-state index in [1.54, 1.807) is 12.1 Å². The molecule has 3 amide bonds. The fourth-order valence-electron chi connectivity index (χ4n) is 2.27. The fourth-order valence-corrected chi connectivity index (χ4v) is 2.27. The summed E-state index contributed by atoms with van der Waals surface area (Å²) >= 11 is 0. The molecule has 0 unspecified atom stereocenters. The molecule has 0 aliphatic carbocycles. The number of hydrogen-bond acceptors (Lipinski definition) is 3. The number of amides is 3. The summed E-state index contributed by atoms with van der Waals surface area (Å²) in [5, 5.41) is 2.60. The zero-order chi connectivity index (χ0) is 15.5. The number of nitrogens with zero attached hydrogens (tertiary/aromatic N) is 2. The zero-order valence-corrected chi connectivity index (χ0v) is 12.1. The maximum Gasteiger partial charge on any atom is 0.329 e. The summed E-state index contributed by atoms with van der Waals surface area (Å²) in [5.41, 5.74) is 2.65. The van der Waals surface area contributed by atoms with Gasteiger partial charge in [-0.15, -0.1) is 0 Å². The Balaban J connectivity index is 1.82. The van der Waals surface area contributed by atoms with Crippen LogP contribution in [0.4, 0.5) is 4.79 Å². The SMILES string of the molecule is Cc1cccc(/C=C2/NC(=O)N(Cc3ccccc3)C2=O)n1. The Morgan fingerprint density at radius 1 is 1.09 bits per heavy atom. The van der Waals surface area contributed by atoms with Gasteiger partial charge in [0.05, 0.1) is 12.2 Å². The van der Waals surface area contributed by atoms with E-state index in [2.05, 4.69) is 10.3 Å². The Labute approximate surface area is 128 Å². The molecule has 5 nitrogen and oxygen atoms in total. The summed E-state index contributed by atoms with van der Waals surface area (Å²) in [5.74, 6) is -0.336. The summed E-state index contributed by atoms with van der Waals surface area (Å²) in [7, 11) is 0. The highest BCUT2D eigenvalue weighted by atomic mass is 16.2. The van der Waals surface area contributed by atoms with Crippen molar-refractivity contribution in [2.75, 3.05) is 0 Å². The van der Waals surface area contributed by atoms with Gasteiger partial charge in [0.15, 0.2) is 0 Å². The first-order valence-electron chi connectivity index (χ1n) is 6.95. The van der Waals surface area contributed by atoms with Gasteiger partial charge in [-0.25, -0.2) is 4.79 Å².